The minimum atomic E-state index is 0.541. The predicted molar refractivity (Wildman–Crippen MR) is 67.8 cm³/mol. The molecule has 0 aliphatic heterocycles. The van der Waals surface area contributed by atoms with Crippen LogP contribution in [0.25, 0.3) is 0 Å². The fourth-order valence-electron chi connectivity index (χ4n) is 1.81. The van der Waals surface area contributed by atoms with Crippen LogP contribution in [0.15, 0.2) is 33.2 Å². The summed E-state index contributed by atoms with van der Waals surface area (Å²) in [5.74, 6) is 2.12. The highest BCUT2D eigenvalue weighted by Crippen LogP contribution is 2.39. The molecule has 88 valence electrons. The molecule has 1 saturated carbocycles. The maximum absolute atomic E-state index is 5.63. The summed E-state index contributed by atoms with van der Waals surface area (Å²) in [4.78, 5) is 0. The van der Waals surface area contributed by atoms with Crippen LogP contribution in [0, 0.1) is 0 Å². The highest BCUT2D eigenvalue weighted by molar-refractivity contribution is 9.10. The normalized spacial score (nSPS) is 15.1. The molecule has 0 spiro atoms. The van der Waals surface area contributed by atoms with E-state index in [0.29, 0.717) is 5.92 Å². The Hall–Kier alpha value is -1.16. The van der Waals surface area contributed by atoms with Crippen molar-refractivity contribution < 1.29 is 4.42 Å². The van der Waals surface area contributed by atoms with Crippen molar-refractivity contribution in [2.24, 2.45) is 0 Å². The van der Waals surface area contributed by atoms with E-state index in [1.165, 1.54) is 18.4 Å². The molecule has 0 saturated heterocycles. The van der Waals surface area contributed by atoms with Gasteiger partial charge in [0.1, 0.15) is 0 Å². The first-order chi connectivity index (χ1) is 8.33. The lowest BCUT2D eigenvalue weighted by Crippen LogP contribution is -1.92. The smallest absolute Gasteiger partial charge is 0.219 e. The lowest BCUT2D eigenvalue weighted by Gasteiger charge is -2.01. The standard InChI is InChI=1S/C13H13BrN2O/c14-11-4-2-1-3-9(11)7-8-12-15-16-13(17-12)10-5-6-10/h1-4,10H,5-8H2. The highest BCUT2D eigenvalue weighted by Gasteiger charge is 2.29. The van der Waals surface area contributed by atoms with Gasteiger partial charge in [-0.2, -0.15) is 0 Å². The number of aromatic nitrogens is 2. The van der Waals surface area contributed by atoms with E-state index < -0.39 is 0 Å². The summed E-state index contributed by atoms with van der Waals surface area (Å²) in [6.45, 7) is 0. The van der Waals surface area contributed by atoms with Crippen molar-refractivity contribution in [2.45, 2.75) is 31.6 Å². The zero-order chi connectivity index (χ0) is 11.7. The minimum Gasteiger partial charge on any atom is -0.425 e. The topological polar surface area (TPSA) is 38.9 Å². The first-order valence-corrected chi connectivity index (χ1v) is 6.68. The molecule has 0 radical (unpaired) electrons. The molecule has 3 nitrogen and oxygen atoms in total. The second kappa shape index (κ2) is 4.61. The second-order valence-corrected chi connectivity index (χ2v) is 5.25. The van der Waals surface area contributed by atoms with E-state index in [1.54, 1.807) is 0 Å². The van der Waals surface area contributed by atoms with Gasteiger partial charge < -0.3 is 4.42 Å². The predicted octanol–water partition coefficient (Wildman–Crippen LogP) is 3.49. The molecule has 2 aromatic rings. The van der Waals surface area contributed by atoms with Crippen molar-refractivity contribution in [3.63, 3.8) is 0 Å². The monoisotopic (exact) mass is 292 g/mol. The molecule has 0 N–H and O–H groups in total. The van der Waals surface area contributed by atoms with Gasteiger partial charge in [0.15, 0.2) is 0 Å². The summed E-state index contributed by atoms with van der Waals surface area (Å²) in [6.07, 6.45) is 4.13. The molecule has 0 bridgehead atoms. The van der Waals surface area contributed by atoms with E-state index in [9.17, 15) is 0 Å². The quantitative estimate of drug-likeness (QED) is 0.866. The average Bonchev–Trinajstić information content (AvgIpc) is 3.08. The maximum Gasteiger partial charge on any atom is 0.219 e. The Balaban J connectivity index is 1.65. The zero-order valence-corrected chi connectivity index (χ0v) is 11.0. The van der Waals surface area contributed by atoms with Crippen molar-refractivity contribution in [3.8, 4) is 0 Å². The third-order valence-electron chi connectivity index (χ3n) is 2.98. The van der Waals surface area contributed by atoms with E-state index in [2.05, 4.69) is 38.3 Å². The summed E-state index contributed by atoms with van der Waals surface area (Å²) in [6, 6.07) is 8.23. The number of halogens is 1. The van der Waals surface area contributed by atoms with Gasteiger partial charge in [-0.3, -0.25) is 0 Å². The molecule has 1 aliphatic carbocycles. The van der Waals surface area contributed by atoms with Crippen LogP contribution in [0.1, 0.15) is 36.1 Å². The Kier molecular flexibility index (Phi) is 2.97. The number of nitrogens with zero attached hydrogens (tertiary/aromatic N) is 2. The number of rotatable bonds is 4. The van der Waals surface area contributed by atoms with Crippen LogP contribution in [0.3, 0.4) is 0 Å². The summed E-state index contributed by atoms with van der Waals surface area (Å²) in [7, 11) is 0. The molecule has 1 heterocycles. The van der Waals surface area contributed by atoms with Crippen molar-refractivity contribution in [2.75, 3.05) is 0 Å². The Morgan fingerprint density at radius 1 is 1.18 bits per heavy atom. The fourth-order valence-corrected chi connectivity index (χ4v) is 2.29. The van der Waals surface area contributed by atoms with Crippen molar-refractivity contribution in [1.29, 1.82) is 0 Å². The molecule has 0 unspecified atom stereocenters. The number of hydrogen-bond acceptors (Lipinski definition) is 3. The minimum absolute atomic E-state index is 0.541. The van der Waals surface area contributed by atoms with Gasteiger partial charge in [-0.05, 0) is 30.9 Å². The Morgan fingerprint density at radius 3 is 2.76 bits per heavy atom. The van der Waals surface area contributed by atoms with Crippen LogP contribution in [0.4, 0.5) is 0 Å². The first kappa shape index (κ1) is 11.0. The van der Waals surface area contributed by atoms with Gasteiger partial charge in [-0.1, -0.05) is 34.1 Å². The molecule has 0 atom stereocenters. The SMILES string of the molecule is Brc1ccccc1CCc1nnc(C2CC2)o1. The summed E-state index contributed by atoms with van der Waals surface area (Å²) in [5, 5.41) is 8.17. The van der Waals surface area contributed by atoms with E-state index in [1.807, 2.05) is 12.1 Å². The number of benzene rings is 1. The molecular formula is C13H13BrN2O. The van der Waals surface area contributed by atoms with E-state index in [-0.39, 0.29) is 0 Å². The van der Waals surface area contributed by atoms with E-state index >= 15 is 0 Å². The van der Waals surface area contributed by atoms with Gasteiger partial charge in [-0.25, -0.2) is 0 Å². The molecule has 1 aromatic carbocycles. The Labute approximate surface area is 108 Å². The first-order valence-electron chi connectivity index (χ1n) is 5.88. The lowest BCUT2D eigenvalue weighted by atomic mass is 10.1. The van der Waals surface area contributed by atoms with Gasteiger partial charge in [-0.15, -0.1) is 10.2 Å². The average molecular weight is 293 g/mol. The van der Waals surface area contributed by atoms with Gasteiger partial charge in [0.05, 0.1) is 0 Å². The van der Waals surface area contributed by atoms with E-state index in [4.69, 9.17) is 4.42 Å². The Bertz CT molecular complexity index is 520. The summed E-state index contributed by atoms with van der Waals surface area (Å²) >= 11 is 3.54. The second-order valence-electron chi connectivity index (χ2n) is 4.40. The van der Waals surface area contributed by atoms with Crippen LogP contribution in [0.2, 0.25) is 0 Å². The van der Waals surface area contributed by atoms with Crippen molar-refractivity contribution >= 4 is 15.9 Å². The van der Waals surface area contributed by atoms with Gasteiger partial charge in [0.25, 0.3) is 0 Å². The van der Waals surface area contributed by atoms with Gasteiger partial charge in [0, 0.05) is 16.8 Å². The van der Waals surface area contributed by atoms with Crippen LogP contribution in [-0.4, -0.2) is 10.2 Å². The zero-order valence-electron chi connectivity index (χ0n) is 9.40. The molecule has 4 heteroatoms. The van der Waals surface area contributed by atoms with Crippen LogP contribution in [-0.2, 0) is 12.8 Å². The van der Waals surface area contributed by atoms with Crippen LogP contribution in [0.5, 0.6) is 0 Å². The molecular weight excluding hydrogens is 280 g/mol. The molecule has 1 aliphatic rings. The summed E-state index contributed by atoms with van der Waals surface area (Å²) in [5.41, 5.74) is 1.28. The number of aryl methyl sites for hydroxylation is 2. The molecule has 1 aromatic heterocycles. The van der Waals surface area contributed by atoms with Gasteiger partial charge >= 0.3 is 0 Å². The van der Waals surface area contributed by atoms with Crippen LogP contribution < -0.4 is 0 Å². The van der Waals surface area contributed by atoms with Crippen molar-refractivity contribution in [1.82, 2.24) is 10.2 Å². The van der Waals surface area contributed by atoms with E-state index in [0.717, 1.165) is 29.1 Å². The highest BCUT2D eigenvalue weighted by atomic mass is 79.9. The largest absolute Gasteiger partial charge is 0.425 e. The maximum atomic E-state index is 5.63. The fraction of sp³-hybridized carbons (Fsp3) is 0.385. The van der Waals surface area contributed by atoms with Crippen LogP contribution >= 0.6 is 15.9 Å². The third-order valence-corrected chi connectivity index (χ3v) is 3.75. The molecule has 0 amide bonds. The Morgan fingerprint density at radius 2 is 2.00 bits per heavy atom. The molecule has 1 fully saturated rings. The lowest BCUT2D eigenvalue weighted by molar-refractivity contribution is 0.450. The van der Waals surface area contributed by atoms with Gasteiger partial charge in [0.2, 0.25) is 11.8 Å². The molecule has 17 heavy (non-hydrogen) atoms. The molecule has 3 rings (SSSR count). The summed E-state index contributed by atoms with van der Waals surface area (Å²) < 4.78 is 6.77. The third kappa shape index (κ3) is 2.57. The van der Waals surface area contributed by atoms with Crippen molar-refractivity contribution in [3.05, 3.63) is 46.1 Å². The number of hydrogen-bond donors (Lipinski definition) is 0.